The van der Waals surface area contributed by atoms with Crippen molar-refractivity contribution < 1.29 is 19.1 Å². The summed E-state index contributed by atoms with van der Waals surface area (Å²) in [6, 6.07) is 5.24. The van der Waals surface area contributed by atoms with Crippen LogP contribution in [-0.4, -0.2) is 22.9 Å². The molecule has 0 bridgehead atoms. The Morgan fingerprint density at radius 2 is 2.00 bits per heavy atom. The molecule has 3 N–H and O–H groups in total. The molecular weight excluding hydrogens is 237 g/mol. The fourth-order valence-corrected chi connectivity index (χ4v) is 1.60. The predicted molar refractivity (Wildman–Crippen MR) is 64.5 cm³/mol. The number of aliphatic carboxylic acids is 1. The van der Waals surface area contributed by atoms with E-state index in [2.05, 4.69) is 0 Å². The molecule has 18 heavy (non-hydrogen) atoms. The second kappa shape index (κ2) is 6.26. The molecule has 0 aliphatic rings. The summed E-state index contributed by atoms with van der Waals surface area (Å²) in [6.45, 7) is 1.50. The number of halogens is 1. The van der Waals surface area contributed by atoms with Crippen molar-refractivity contribution in [2.45, 2.75) is 25.8 Å². The van der Waals surface area contributed by atoms with Crippen LogP contribution in [0.1, 0.15) is 18.9 Å². The van der Waals surface area contributed by atoms with Crippen molar-refractivity contribution >= 4 is 11.8 Å². The maximum atomic E-state index is 13.4. The molecule has 1 aromatic rings. The highest BCUT2D eigenvalue weighted by molar-refractivity contribution is 5.87. The fraction of sp³-hybridized carbons (Fsp3) is 0.385. The maximum Gasteiger partial charge on any atom is 0.307 e. The molecule has 0 aromatic heterocycles. The van der Waals surface area contributed by atoms with Crippen LogP contribution in [0.5, 0.6) is 0 Å². The van der Waals surface area contributed by atoms with Crippen LogP contribution in [0.4, 0.5) is 4.39 Å². The van der Waals surface area contributed by atoms with Gasteiger partial charge in [-0.1, -0.05) is 18.2 Å². The number of carbonyl (C=O) groups excluding carboxylic acids is 1. The number of nitrogens with two attached hydrogens (primary N) is 1. The number of ketones is 1. The highest BCUT2D eigenvalue weighted by Crippen LogP contribution is 2.16. The minimum atomic E-state index is -1.12. The third-order valence-electron chi connectivity index (χ3n) is 2.73. The van der Waals surface area contributed by atoms with E-state index in [-0.39, 0.29) is 18.6 Å². The smallest absolute Gasteiger partial charge is 0.307 e. The fourth-order valence-electron chi connectivity index (χ4n) is 1.60. The summed E-state index contributed by atoms with van der Waals surface area (Å²) in [6.07, 6.45) is -0.193. The van der Waals surface area contributed by atoms with Crippen molar-refractivity contribution in [3.05, 3.63) is 35.6 Å². The Morgan fingerprint density at radius 1 is 1.39 bits per heavy atom. The first-order valence-corrected chi connectivity index (χ1v) is 5.66. The van der Waals surface area contributed by atoms with Crippen molar-refractivity contribution in [1.82, 2.24) is 0 Å². The molecule has 5 heteroatoms. The lowest BCUT2D eigenvalue weighted by atomic mass is 9.92. The van der Waals surface area contributed by atoms with E-state index in [1.807, 2.05) is 0 Å². The van der Waals surface area contributed by atoms with Crippen LogP contribution in [0.25, 0.3) is 0 Å². The van der Waals surface area contributed by atoms with Gasteiger partial charge in [-0.15, -0.1) is 0 Å². The van der Waals surface area contributed by atoms with Gasteiger partial charge in [0.2, 0.25) is 0 Å². The van der Waals surface area contributed by atoms with Gasteiger partial charge in [0.1, 0.15) is 11.6 Å². The van der Waals surface area contributed by atoms with E-state index in [9.17, 15) is 14.0 Å². The minimum Gasteiger partial charge on any atom is -0.481 e. The Kier molecular flexibility index (Phi) is 4.97. The molecule has 1 aromatic carbocycles. The summed E-state index contributed by atoms with van der Waals surface area (Å²) >= 11 is 0. The molecule has 0 spiro atoms. The lowest BCUT2D eigenvalue weighted by Gasteiger charge is -2.13. The van der Waals surface area contributed by atoms with E-state index >= 15 is 0 Å². The number of Topliss-reactive ketones (excluding diaryl/α,β-unsaturated/α-hetero) is 1. The quantitative estimate of drug-likeness (QED) is 0.802. The number of benzene rings is 1. The van der Waals surface area contributed by atoms with Gasteiger partial charge in [-0.25, -0.2) is 4.39 Å². The molecule has 2 atom stereocenters. The molecular formula is C13H16FNO3. The van der Waals surface area contributed by atoms with Gasteiger partial charge in [0.25, 0.3) is 0 Å². The molecule has 0 saturated heterocycles. The SMILES string of the molecule is C[C@H](N)C(=O)CC(Cc1ccccc1F)C(=O)O. The molecule has 1 rings (SSSR count). The number of hydrogen-bond acceptors (Lipinski definition) is 3. The first-order chi connectivity index (χ1) is 8.41. The molecule has 0 radical (unpaired) electrons. The van der Waals surface area contributed by atoms with Gasteiger partial charge >= 0.3 is 5.97 Å². The molecule has 0 aliphatic carbocycles. The van der Waals surface area contributed by atoms with Crippen molar-refractivity contribution in [2.75, 3.05) is 0 Å². The molecule has 0 aliphatic heterocycles. The van der Waals surface area contributed by atoms with Gasteiger partial charge in [-0.05, 0) is 25.0 Å². The molecule has 1 unspecified atom stereocenters. The zero-order chi connectivity index (χ0) is 13.7. The second-order valence-electron chi connectivity index (χ2n) is 4.29. The van der Waals surface area contributed by atoms with E-state index in [0.29, 0.717) is 5.56 Å². The van der Waals surface area contributed by atoms with Gasteiger partial charge in [-0.2, -0.15) is 0 Å². The summed E-state index contributed by atoms with van der Waals surface area (Å²) in [5.41, 5.74) is 5.68. The van der Waals surface area contributed by atoms with Crippen LogP contribution < -0.4 is 5.73 Å². The maximum absolute atomic E-state index is 13.4. The van der Waals surface area contributed by atoms with Crippen LogP contribution in [0.3, 0.4) is 0 Å². The van der Waals surface area contributed by atoms with Gasteiger partial charge in [0.15, 0.2) is 0 Å². The highest BCUT2D eigenvalue weighted by atomic mass is 19.1. The van der Waals surface area contributed by atoms with Crippen LogP contribution in [0, 0.1) is 11.7 Å². The predicted octanol–water partition coefficient (Wildman–Crippen LogP) is 1.38. The number of carboxylic acids is 1. The monoisotopic (exact) mass is 253 g/mol. The average molecular weight is 253 g/mol. The highest BCUT2D eigenvalue weighted by Gasteiger charge is 2.24. The molecule has 98 valence electrons. The number of carbonyl (C=O) groups is 2. The van der Waals surface area contributed by atoms with Gasteiger partial charge in [0.05, 0.1) is 12.0 Å². The summed E-state index contributed by atoms with van der Waals surface area (Å²) < 4.78 is 13.4. The number of carboxylic acid groups (broad SMARTS) is 1. The van der Waals surface area contributed by atoms with E-state index in [1.165, 1.54) is 25.1 Å². The Labute approximate surface area is 105 Å². The number of hydrogen-bond donors (Lipinski definition) is 2. The van der Waals surface area contributed by atoms with Crippen molar-refractivity contribution in [2.24, 2.45) is 11.7 Å². The normalized spacial score (nSPS) is 13.9. The van der Waals surface area contributed by atoms with Crippen molar-refractivity contribution in [1.29, 1.82) is 0 Å². The summed E-state index contributed by atoms with van der Waals surface area (Å²) in [4.78, 5) is 22.5. The van der Waals surface area contributed by atoms with Crippen LogP contribution >= 0.6 is 0 Å². The van der Waals surface area contributed by atoms with Gasteiger partial charge < -0.3 is 10.8 Å². The minimum absolute atomic E-state index is 0.0134. The van der Waals surface area contributed by atoms with E-state index in [0.717, 1.165) is 0 Å². The molecule has 0 heterocycles. The van der Waals surface area contributed by atoms with Gasteiger partial charge in [0, 0.05) is 6.42 Å². The van der Waals surface area contributed by atoms with E-state index < -0.39 is 23.7 Å². The van der Waals surface area contributed by atoms with E-state index in [1.54, 1.807) is 6.07 Å². The van der Waals surface area contributed by atoms with E-state index in [4.69, 9.17) is 10.8 Å². The summed E-state index contributed by atoms with van der Waals surface area (Å²) in [5.74, 6) is -2.86. The Hall–Kier alpha value is -1.75. The summed E-state index contributed by atoms with van der Waals surface area (Å²) in [7, 11) is 0. The topological polar surface area (TPSA) is 80.4 Å². The zero-order valence-electron chi connectivity index (χ0n) is 10.1. The van der Waals surface area contributed by atoms with Gasteiger partial charge in [-0.3, -0.25) is 9.59 Å². The lowest BCUT2D eigenvalue weighted by molar-refractivity contribution is -0.143. The van der Waals surface area contributed by atoms with Crippen molar-refractivity contribution in [3.8, 4) is 0 Å². The Bertz CT molecular complexity index is 446. The first-order valence-electron chi connectivity index (χ1n) is 5.66. The summed E-state index contributed by atoms with van der Waals surface area (Å²) in [5, 5.41) is 9.04. The Balaban J connectivity index is 2.79. The number of rotatable bonds is 6. The van der Waals surface area contributed by atoms with Crippen LogP contribution in [-0.2, 0) is 16.0 Å². The average Bonchev–Trinajstić information content (AvgIpc) is 2.30. The molecule has 4 nitrogen and oxygen atoms in total. The molecule has 0 amide bonds. The van der Waals surface area contributed by atoms with Crippen LogP contribution in [0.2, 0.25) is 0 Å². The standard InChI is InChI=1S/C13H16FNO3/c1-8(15)12(16)7-10(13(17)18)6-9-4-2-3-5-11(9)14/h2-5,8,10H,6-7,15H2,1H3,(H,17,18)/t8-,10?/m0/s1. The lowest BCUT2D eigenvalue weighted by Crippen LogP contribution is -2.31. The van der Waals surface area contributed by atoms with Crippen molar-refractivity contribution in [3.63, 3.8) is 0 Å². The zero-order valence-corrected chi connectivity index (χ0v) is 10.1. The Morgan fingerprint density at radius 3 is 2.50 bits per heavy atom. The first kappa shape index (κ1) is 14.3. The third kappa shape index (κ3) is 3.92. The largest absolute Gasteiger partial charge is 0.481 e. The molecule has 0 saturated carbocycles. The third-order valence-corrected chi connectivity index (χ3v) is 2.73. The second-order valence-corrected chi connectivity index (χ2v) is 4.29. The van der Waals surface area contributed by atoms with Crippen LogP contribution in [0.15, 0.2) is 24.3 Å². The molecule has 0 fully saturated rings.